The molecule has 1 unspecified atom stereocenters. The molecule has 7 heteroatoms. The van der Waals surface area contributed by atoms with Gasteiger partial charge in [-0.05, 0) is 63.9 Å². The highest BCUT2D eigenvalue weighted by Gasteiger charge is 2.14. The summed E-state index contributed by atoms with van der Waals surface area (Å²) >= 11 is 6.96. The van der Waals surface area contributed by atoms with Crippen molar-refractivity contribution in [2.45, 2.75) is 26.3 Å². The second-order valence-electron chi connectivity index (χ2n) is 4.34. The van der Waals surface area contributed by atoms with E-state index in [1.54, 1.807) is 0 Å². The Bertz CT molecular complexity index is 553. The van der Waals surface area contributed by atoms with Gasteiger partial charge in [-0.1, -0.05) is 18.1 Å². The van der Waals surface area contributed by atoms with Gasteiger partial charge in [0.15, 0.2) is 0 Å². The number of aromatic nitrogens is 2. The van der Waals surface area contributed by atoms with Gasteiger partial charge >= 0.3 is 6.01 Å². The molecule has 1 atom stereocenters. The van der Waals surface area contributed by atoms with Crippen LogP contribution in [0.4, 0.5) is 11.7 Å². The highest BCUT2D eigenvalue weighted by Crippen LogP contribution is 2.32. The lowest BCUT2D eigenvalue weighted by atomic mass is 10.3. The number of hydrogen-bond acceptors (Lipinski definition) is 5. The second kappa shape index (κ2) is 7.19. The van der Waals surface area contributed by atoms with Crippen molar-refractivity contribution in [3.05, 3.63) is 33.0 Å². The van der Waals surface area contributed by atoms with Crippen molar-refractivity contribution in [1.82, 2.24) is 15.5 Å². The summed E-state index contributed by atoms with van der Waals surface area (Å²) in [5.41, 5.74) is 0.858. The molecule has 0 spiro atoms. The zero-order valence-corrected chi connectivity index (χ0v) is 14.5. The van der Waals surface area contributed by atoms with Crippen molar-refractivity contribution in [3.8, 4) is 0 Å². The Balaban J connectivity index is 2.10. The monoisotopic (exact) mass is 402 g/mol. The number of benzene rings is 1. The van der Waals surface area contributed by atoms with Crippen LogP contribution in [0.25, 0.3) is 0 Å². The Hall–Kier alpha value is -0.920. The number of halogens is 2. The second-order valence-corrected chi connectivity index (χ2v) is 6.05. The van der Waals surface area contributed by atoms with Crippen LogP contribution in [0.1, 0.15) is 32.2 Å². The minimum Gasteiger partial charge on any atom is -0.406 e. The molecule has 5 nitrogen and oxygen atoms in total. The predicted molar refractivity (Wildman–Crippen MR) is 86.1 cm³/mol. The van der Waals surface area contributed by atoms with E-state index in [4.69, 9.17) is 4.42 Å². The molecule has 0 saturated heterocycles. The normalized spacial score (nSPS) is 12.4. The number of nitrogens with one attached hydrogen (secondary N) is 2. The fourth-order valence-corrected chi connectivity index (χ4v) is 2.83. The van der Waals surface area contributed by atoms with Crippen LogP contribution in [0.2, 0.25) is 0 Å². The third-order valence-corrected chi connectivity index (χ3v) is 4.03. The maximum atomic E-state index is 5.62. The van der Waals surface area contributed by atoms with Crippen molar-refractivity contribution in [2.75, 3.05) is 11.9 Å². The summed E-state index contributed by atoms with van der Waals surface area (Å²) in [5, 5.41) is 14.5. The van der Waals surface area contributed by atoms with Crippen molar-refractivity contribution >= 4 is 43.6 Å². The van der Waals surface area contributed by atoms with Gasteiger partial charge in [-0.3, -0.25) is 0 Å². The fraction of sp³-hybridized carbons (Fsp3) is 0.385. The van der Waals surface area contributed by atoms with Gasteiger partial charge in [0.1, 0.15) is 0 Å². The molecule has 0 amide bonds. The molecule has 0 bridgehead atoms. The van der Waals surface area contributed by atoms with Crippen LogP contribution in [0.3, 0.4) is 0 Å². The van der Waals surface area contributed by atoms with Crippen LogP contribution >= 0.6 is 31.9 Å². The molecule has 108 valence electrons. The van der Waals surface area contributed by atoms with E-state index in [1.165, 1.54) is 0 Å². The van der Waals surface area contributed by atoms with Gasteiger partial charge in [-0.2, -0.15) is 0 Å². The lowest BCUT2D eigenvalue weighted by molar-refractivity contribution is 0.424. The van der Waals surface area contributed by atoms with E-state index in [0.29, 0.717) is 11.9 Å². The molecule has 2 rings (SSSR count). The number of anilines is 2. The van der Waals surface area contributed by atoms with E-state index < -0.39 is 0 Å². The molecule has 0 aliphatic rings. The third-order valence-electron chi connectivity index (χ3n) is 2.71. The Kier molecular flexibility index (Phi) is 5.56. The Morgan fingerprint density at radius 1 is 1.25 bits per heavy atom. The first kappa shape index (κ1) is 15.5. The lowest BCUT2D eigenvalue weighted by Crippen LogP contribution is -2.19. The summed E-state index contributed by atoms with van der Waals surface area (Å²) < 4.78 is 7.46. The van der Waals surface area contributed by atoms with Crippen molar-refractivity contribution in [2.24, 2.45) is 0 Å². The van der Waals surface area contributed by atoms with Crippen LogP contribution in [-0.2, 0) is 0 Å². The van der Waals surface area contributed by atoms with Crippen molar-refractivity contribution < 1.29 is 4.42 Å². The van der Waals surface area contributed by atoms with Gasteiger partial charge in [0.25, 0.3) is 0 Å². The first-order valence-corrected chi connectivity index (χ1v) is 7.98. The van der Waals surface area contributed by atoms with Gasteiger partial charge in [0.05, 0.1) is 11.7 Å². The van der Waals surface area contributed by atoms with E-state index in [-0.39, 0.29) is 6.04 Å². The fourth-order valence-electron chi connectivity index (χ4n) is 1.63. The molecular formula is C13H16Br2N4O. The SMILES string of the molecule is CCCNC(C)c1nnc(Nc2c(Br)cccc2Br)o1. The third kappa shape index (κ3) is 3.80. The first-order chi connectivity index (χ1) is 9.61. The number of para-hydroxylation sites is 1. The molecule has 0 aliphatic heterocycles. The molecule has 1 heterocycles. The molecule has 20 heavy (non-hydrogen) atoms. The average molecular weight is 404 g/mol. The van der Waals surface area contributed by atoms with E-state index >= 15 is 0 Å². The van der Waals surface area contributed by atoms with E-state index in [0.717, 1.165) is 27.6 Å². The molecule has 1 aromatic heterocycles. The van der Waals surface area contributed by atoms with E-state index in [2.05, 4.69) is 59.6 Å². The first-order valence-electron chi connectivity index (χ1n) is 6.39. The van der Waals surface area contributed by atoms with Crippen LogP contribution in [-0.4, -0.2) is 16.7 Å². The van der Waals surface area contributed by atoms with Crippen LogP contribution in [0, 0.1) is 0 Å². The largest absolute Gasteiger partial charge is 0.406 e. The average Bonchev–Trinajstić information content (AvgIpc) is 2.89. The maximum absolute atomic E-state index is 5.62. The lowest BCUT2D eigenvalue weighted by Gasteiger charge is -2.08. The summed E-state index contributed by atoms with van der Waals surface area (Å²) in [7, 11) is 0. The summed E-state index contributed by atoms with van der Waals surface area (Å²) in [5.74, 6) is 0.573. The van der Waals surface area contributed by atoms with Gasteiger partial charge in [-0.15, -0.1) is 5.10 Å². The Morgan fingerprint density at radius 3 is 2.60 bits per heavy atom. The molecule has 0 saturated carbocycles. The summed E-state index contributed by atoms with van der Waals surface area (Å²) in [4.78, 5) is 0. The Labute approximate surface area is 134 Å². The zero-order valence-electron chi connectivity index (χ0n) is 11.3. The van der Waals surface area contributed by atoms with Gasteiger partial charge < -0.3 is 15.1 Å². The van der Waals surface area contributed by atoms with Crippen LogP contribution < -0.4 is 10.6 Å². The highest BCUT2D eigenvalue weighted by molar-refractivity contribution is 9.11. The highest BCUT2D eigenvalue weighted by atomic mass is 79.9. The van der Waals surface area contributed by atoms with Crippen molar-refractivity contribution in [3.63, 3.8) is 0 Å². The summed E-state index contributed by atoms with van der Waals surface area (Å²) in [6.07, 6.45) is 1.06. The minimum absolute atomic E-state index is 0.0423. The van der Waals surface area contributed by atoms with Crippen molar-refractivity contribution in [1.29, 1.82) is 0 Å². The van der Waals surface area contributed by atoms with Gasteiger partial charge in [0.2, 0.25) is 5.89 Å². The molecular weight excluding hydrogens is 388 g/mol. The summed E-state index contributed by atoms with van der Waals surface area (Å²) in [6.45, 7) is 5.04. The number of hydrogen-bond donors (Lipinski definition) is 2. The number of nitrogens with zero attached hydrogens (tertiary/aromatic N) is 2. The van der Waals surface area contributed by atoms with Gasteiger partial charge in [-0.25, -0.2) is 0 Å². The molecule has 0 radical (unpaired) electrons. The van der Waals surface area contributed by atoms with Crippen LogP contribution in [0.5, 0.6) is 0 Å². The van der Waals surface area contributed by atoms with E-state index in [9.17, 15) is 0 Å². The molecule has 1 aromatic carbocycles. The molecule has 0 aliphatic carbocycles. The molecule has 0 fully saturated rings. The predicted octanol–water partition coefficient (Wildman–Crippen LogP) is 4.40. The zero-order chi connectivity index (χ0) is 14.5. The Morgan fingerprint density at radius 2 is 1.95 bits per heavy atom. The molecule has 2 N–H and O–H groups in total. The maximum Gasteiger partial charge on any atom is 0.320 e. The van der Waals surface area contributed by atoms with E-state index in [1.807, 2.05) is 25.1 Å². The smallest absolute Gasteiger partial charge is 0.320 e. The number of rotatable bonds is 6. The van der Waals surface area contributed by atoms with Crippen LogP contribution in [0.15, 0.2) is 31.6 Å². The standard InChI is InChI=1S/C13H16Br2N4O/c1-3-7-16-8(2)12-18-19-13(20-12)17-11-9(14)5-4-6-10(11)15/h4-6,8,16H,3,7H2,1-2H3,(H,17,19). The minimum atomic E-state index is 0.0423. The quantitative estimate of drug-likeness (QED) is 0.748. The topological polar surface area (TPSA) is 63.0 Å². The summed E-state index contributed by atoms with van der Waals surface area (Å²) in [6, 6.07) is 6.24. The van der Waals surface area contributed by atoms with Gasteiger partial charge in [0, 0.05) is 8.95 Å². The molecule has 2 aromatic rings.